The van der Waals surface area contributed by atoms with Gasteiger partial charge in [0.25, 0.3) is 0 Å². The second kappa shape index (κ2) is 6.80. The van der Waals surface area contributed by atoms with E-state index in [1.165, 1.54) is 18.2 Å². The first-order valence-electron chi connectivity index (χ1n) is 5.80. The predicted octanol–water partition coefficient (Wildman–Crippen LogP) is 3.22. The van der Waals surface area contributed by atoms with Crippen molar-refractivity contribution in [2.24, 2.45) is 0 Å². The van der Waals surface area contributed by atoms with Crippen molar-refractivity contribution >= 4 is 5.97 Å². The third-order valence-electron chi connectivity index (χ3n) is 2.32. The second-order valence-electron chi connectivity index (χ2n) is 3.72. The van der Waals surface area contributed by atoms with Gasteiger partial charge in [0.15, 0.2) is 0 Å². The molecule has 0 saturated heterocycles. The summed E-state index contributed by atoms with van der Waals surface area (Å²) in [6.07, 6.45) is -4.86. The number of benzene rings is 1. The predicted molar refractivity (Wildman–Crippen MR) is 63.0 cm³/mol. The highest BCUT2D eigenvalue weighted by Crippen LogP contribution is 2.31. The van der Waals surface area contributed by atoms with E-state index in [2.05, 4.69) is 4.74 Å². The molecule has 0 atom stereocenters. The van der Waals surface area contributed by atoms with Crippen LogP contribution in [-0.2, 0) is 11.2 Å². The number of ether oxygens (including phenoxy) is 2. The molecule has 4 nitrogen and oxygen atoms in total. The second-order valence-corrected chi connectivity index (χ2v) is 3.72. The van der Waals surface area contributed by atoms with Crippen LogP contribution in [0.1, 0.15) is 29.3 Å². The Balaban J connectivity index is 3.21. The number of rotatable bonds is 5. The maximum atomic E-state index is 12.4. The van der Waals surface area contributed by atoms with Crippen LogP contribution < -0.4 is 4.74 Å². The summed E-state index contributed by atoms with van der Waals surface area (Å²) in [5.74, 6) is -1.50. The third-order valence-corrected chi connectivity index (χ3v) is 2.32. The van der Waals surface area contributed by atoms with Gasteiger partial charge in [-0.2, -0.15) is 5.26 Å². The fourth-order valence-corrected chi connectivity index (χ4v) is 1.58. The Kier molecular flexibility index (Phi) is 5.38. The summed E-state index contributed by atoms with van der Waals surface area (Å²) in [6.45, 7) is 1.58. The van der Waals surface area contributed by atoms with Crippen molar-refractivity contribution in [2.75, 3.05) is 6.61 Å². The molecular weight excluding hydrogens is 275 g/mol. The molecule has 0 aliphatic carbocycles. The van der Waals surface area contributed by atoms with Crippen molar-refractivity contribution in [3.63, 3.8) is 0 Å². The van der Waals surface area contributed by atoms with Crippen molar-refractivity contribution in [2.45, 2.75) is 26.1 Å². The molecule has 0 aromatic heterocycles. The molecule has 0 heterocycles. The monoisotopic (exact) mass is 287 g/mol. The Morgan fingerprint density at radius 2 is 2.10 bits per heavy atom. The lowest BCUT2D eigenvalue weighted by Gasteiger charge is -2.16. The summed E-state index contributed by atoms with van der Waals surface area (Å²) < 4.78 is 45.9. The number of para-hydroxylation sites is 1. The lowest BCUT2D eigenvalue weighted by Crippen LogP contribution is -2.21. The van der Waals surface area contributed by atoms with Gasteiger partial charge in [-0.25, -0.2) is 4.79 Å². The van der Waals surface area contributed by atoms with Gasteiger partial charge in [-0.15, -0.1) is 13.2 Å². The van der Waals surface area contributed by atoms with Crippen LogP contribution >= 0.6 is 0 Å². The van der Waals surface area contributed by atoms with E-state index in [1.807, 2.05) is 6.07 Å². The quantitative estimate of drug-likeness (QED) is 0.780. The van der Waals surface area contributed by atoms with E-state index in [4.69, 9.17) is 10.00 Å². The van der Waals surface area contributed by atoms with Gasteiger partial charge >= 0.3 is 12.3 Å². The normalized spacial score (nSPS) is 10.8. The molecule has 0 radical (unpaired) electrons. The first-order chi connectivity index (χ1) is 9.39. The molecule has 0 fully saturated rings. The van der Waals surface area contributed by atoms with Gasteiger partial charge in [0.1, 0.15) is 11.3 Å². The van der Waals surface area contributed by atoms with Crippen LogP contribution in [0.15, 0.2) is 18.2 Å². The number of nitriles is 1. The number of carbonyl (C=O) groups is 1. The molecule has 7 heteroatoms. The van der Waals surface area contributed by atoms with E-state index in [1.54, 1.807) is 6.92 Å². The van der Waals surface area contributed by atoms with Crippen LogP contribution in [0.25, 0.3) is 0 Å². The summed E-state index contributed by atoms with van der Waals surface area (Å²) in [5.41, 5.74) is -0.172. The van der Waals surface area contributed by atoms with E-state index in [9.17, 15) is 18.0 Å². The standard InChI is InChI=1S/C13H12F3NO3/c1-2-19-12(18)10-7-3-5-9(6-4-8-17)11(10)20-13(14,15)16/h3,5,7H,2,4,6H2,1H3. The molecule has 20 heavy (non-hydrogen) atoms. The molecule has 1 rings (SSSR count). The van der Waals surface area contributed by atoms with Crippen molar-refractivity contribution in [3.05, 3.63) is 29.3 Å². The molecule has 0 unspecified atom stereocenters. The topological polar surface area (TPSA) is 59.3 Å². The minimum absolute atomic E-state index is 0.0144. The van der Waals surface area contributed by atoms with Gasteiger partial charge in [0.05, 0.1) is 12.7 Å². The molecule has 1 aromatic carbocycles. The molecule has 108 valence electrons. The van der Waals surface area contributed by atoms with Crippen molar-refractivity contribution in [1.29, 1.82) is 5.26 Å². The van der Waals surface area contributed by atoms with E-state index in [0.29, 0.717) is 0 Å². The van der Waals surface area contributed by atoms with Gasteiger partial charge in [-0.3, -0.25) is 0 Å². The highest BCUT2D eigenvalue weighted by atomic mass is 19.4. The zero-order chi connectivity index (χ0) is 15.2. The molecule has 0 N–H and O–H groups in total. The van der Waals surface area contributed by atoms with Crippen molar-refractivity contribution in [1.82, 2.24) is 0 Å². The van der Waals surface area contributed by atoms with Gasteiger partial charge in [0.2, 0.25) is 0 Å². The van der Waals surface area contributed by atoms with Gasteiger partial charge < -0.3 is 9.47 Å². The Morgan fingerprint density at radius 3 is 2.65 bits per heavy atom. The maximum absolute atomic E-state index is 12.4. The smallest absolute Gasteiger partial charge is 0.462 e. The molecule has 0 bridgehead atoms. The van der Waals surface area contributed by atoms with Crippen LogP contribution in [0.3, 0.4) is 0 Å². The number of nitrogens with zero attached hydrogens (tertiary/aromatic N) is 1. The highest BCUT2D eigenvalue weighted by Gasteiger charge is 2.34. The lowest BCUT2D eigenvalue weighted by molar-refractivity contribution is -0.275. The lowest BCUT2D eigenvalue weighted by atomic mass is 10.0. The Hall–Kier alpha value is -2.23. The average molecular weight is 287 g/mol. The summed E-state index contributed by atoms with van der Waals surface area (Å²) in [7, 11) is 0. The van der Waals surface area contributed by atoms with Crippen LogP contribution in [-0.4, -0.2) is 18.9 Å². The van der Waals surface area contributed by atoms with Crippen LogP contribution in [0.4, 0.5) is 13.2 Å². The number of esters is 1. The molecule has 0 amide bonds. The molecule has 0 spiro atoms. The fraction of sp³-hybridized carbons (Fsp3) is 0.385. The molecule has 0 saturated carbocycles. The van der Waals surface area contributed by atoms with E-state index >= 15 is 0 Å². The number of aryl methyl sites for hydroxylation is 1. The SMILES string of the molecule is CCOC(=O)c1cccc(CCC#N)c1OC(F)(F)F. The highest BCUT2D eigenvalue weighted by molar-refractivity contribution is 5.93. The number of halogens is 3. The molecule has 1 aromatic rings. The van der Waals surface area contributed by atoms with Crippen molar-refractivity contribution < 1.29 is 27.4 Å². The van der Waals surface area contributed by atoms with Gasteiger partial charge in [0, 0.05) is 6.42 Å². The Morgan fingerprint density at radius 1 is 1.40 bits per heavy atom. The van der Waals surface area contributed by atoms with Crippen LogP contribution in [0, 0.1) is 11.3 Å². The largest absolute Gasteiger partial charge is 0.573 e. The number of hydrogen-bond donors (Lipinski definition) is 0. The minimum Gasteiger partial charge on any atom is -0.462 e. The number of carbonyl (C=O) groups excluding carboxylic acids is 1. The van der Waals surface area contributed by atoms with Crippen LogP contribution in [0.2, 0.25) is 0 Å². The average Bonchev–Trinajstić information content (AvgIpc) is 2.36. The zero-order valence-corrected chi connectivity index (χ0v) is 10.7. The molecule has 0 aliphatic rings. The summed E-state index contributed by atoms with van der Waals surface area (Å²) >= 11 is 0. The first-order valence-corrected chi connectivity index (χ1v) is 5.80. The van der Waals surface area contributed by atoms with Crippen molar-refractivity contribution in [3.8, 4) is 11.8 Å². The van der Waals surface area contributed by atoms with Gasteiger partial charge in [-0.05, 0) is 25.0 Å². The number of alkyl halides is 3. The summed E-state index contributed by atoms with van der Waals surface area (Å²) in [6, 6.07) is 5.81. The minimum atomic E-state index is -4.93. The Bertz CT molecular complexity index is 521. The summed E-state index contributed by atoms with van der Waals surface area (Å²) in [4.78, 5) is 11.6. The maximum Gasteiger partial charge on any atom is 0.573 e. The molecule has 0 aliphatic heterocycles. The fourth-order valence-electron chi connectivity index (χ4n) is 1.58. The van der Waals surface area contributed by atoms with E-state index in [0.717, 1.165) is 0 Å². The summed E-state index contributed by atoms with van der Waals surface area (Å²) in [5, 5.41) is 8.51. The number of hydrogen-bond acceptors (Lipinski definition) is 4. The van der Waals surface area contributed by atoms with Crippen LogP contribution in [0.5, 0.6) is 5.75 Å². The first kappa shape index (κ1) is 15.8. The zero-order valence-electron chi connectivity index (χ0n) is 10.7. The molecular formula is C13H12F3NO3. The third kappa shape index (κ3) is 4.46. The van der Waals surface area contributed by atoms with Gasteiger partial charge in [-0.1, -0.05) is 12.1 Å². The van der Waals surface area contributed by atoms with E-state index in [-0.39, 0.29) is 30.6 Å². The Labute approximate surface area is 113 Å². The van der Waals surface area contributed by atoms with E-state index < -0.39 is 18.1 Å².